The third-order valence-electron chi connectivity index (χ3n) is 1.91. The number of nitro groups is 1. The Bertz CT molecular complexity index is 590. The largest absolute Gasteiger partial charge is 0.479 e. The van der Waals surface area contributed by atoms with Crippen LogP contribution < -0.4 is 4.74 Å². The van der Waals surface area contributed by atoms with E-state index in [2.05, 4.69) is 10.2 Å². The molecule has 0 unspecified atom stereocenters. The maximum atomic E-state index is 10.8. The van der Waals surface area contributed by atoms with Gasteiger partial charge in [-0.2, -0.15) is 0 Å². The van der Waals surface area contributed by atoms with Crippen LogP contribution in [0.5, 0.6) is 5.75 Å². The molecule has 2 rings (SSSR count). The molecule has 94 valence electrons. The predicted molar refractivity (Wildman–Crippen MR) is 67.4 cm³/mol. The summed E-state index contributed by atoms with van der Waals surface area (Å²) in [6.45, 7) is 0.0624. The lowest BCUT2D eigenvalue weighted by Gasteiger charge is -2.04. The van der Waals surface area contributed by atoms with Crippen LogP contribution in [0.3, 0.4) is 0 Å². The number of aromatic nitrogens is 2. The SMILES string of the molecule is O=[N+]([O-])c1cc(Cl)ccc1OCc1nnc(Cl)s1. The van der Waals surface area contributed by atoms with Crippen molar-refractivity contribution >= 4 is 40.2 Å². The van der Waals surface area contributed by atoms with E-state index in [4.69, 9.17) is 27.9 Å². The van der Waals surface area contributed by atoms with E-state index >= 15 is 0 Å². The first kappa shape index (κ1) is 13.0. The molecular weight excluding hydrogens is 301 g/mol. The average Bonchev–Trinajstić information content (AvgIpc) is 2.73. The predicted octanol–water partition coefficient (Wildman–Crippen LogP) is 3.33. The third-order valence-corrected chi connectivity index (χ3v) is 3.14. The van der Waals surface area contributed by atoms with Crippen LogP contribution in [0.15, 0.2) is 18.2 Å². The van der Waals surface area contributed by atoms with Gasteiger partial charge in [0.1, 0.15) is 6.61 Å². The van der Waals surface area contributed by atoms with Crippen molar-refractivity contribution in [2.45, 2.75) is 6.61 Å². The number of benzene rings is 1. The summed E-state index contributed by atoms with van der Waals surface area (Å²) in [7, 11) is 0. The lowest BCUT2D eigenvalue weighted by Crippen LogP contribution is -1.98. The number of rotatable bonds is 4. The number of hydrogen-bond donors (Lipinski definition) is 0. The first-order valence-corrected chi connectivity index (χ1v) is 6.18. The Morgan fingerprint density at radius 3 is 2.78 bits per heavy atom. The van der Waals surface area contributed by atoms with Crippen molar-refractivity contribution < 1.29 is 9.66 Å². The molecule has 9 heteroatoms. The molecule has 0 fully saturated rings. The highest BCUT2D eigenvalue weighted by atomic mass is 35.5. The first-order chi connectivity index (χ1) is 8.56. The van der Waals surface area contributed by atoms with Crippen LogP contribution in [0, 0.1) is 10.1 Å². The van der Waals surface area contributed by atoms with Gasteiger partial charge in [0.25, 0.3) is 0 Å². The van der Waals surface area contributed by atoms with Gasteiger partial charge in [0.2, 0.25) is 4.47 Å². The molecule has 0 aliphatic rings. The van der Waals surface area contributed by atoms with Crippen LogP contribution in [-0.2, 0) is 6.61 Å². The normalized spacial score (nSPS) is 10.3. The molecule has 0 bridgehead atoms. The molecule has 0 amide bonds. The zero-order chi connectivity index (χ0) is 13.1. The van der Waals surface area contributed by atoms with Crippen LogP contribution in [-0.4, -0.2) is 15.1 Å². The molecule has 18 heavy (non-hydrogen) atoms. The molecule has 2 aromatic rings. The molecule has 6 nitrogen and oxygen atoms in total. The summed E-state index contributed by atoms with van der Waals surface area (Å²) in [5, 5.41) is 19.0. The van der Waals surface area contributed by atoms with E-state index in [-0.39, 0.29) is 23.1 Å². The van der Waals surface area contributed by atoms with Gasteiger partial charge in [-0.15, -0.1) is 10.2 Å². The summed E-state index contributed by atoms with van der Waals surface area (Å²) in [6, 6.07) is 4.17. The highest BCUT2D eigenvalue weighted by molar-refractivity contribution is 7.15. The topological polar surface area (TPSA) is 78.2 Å². The fourth-order valence-electron chi connectivity index (χ4n) is 1.19. The van der Waals surface area contributed by atoms with E-state index < -0.39 is 4.92 Å². The van der Waals surface area contributed by atoms with E-state index in [0.29, 0.717) is 9.47 Å². The third kappa shape index (κ3) is 3.06. The fourth-order valence-corrected chi connectivity index (χ4v) is 2.13. The molecule has 0 spiro atoms. The first-order valence-electron chi connectivity index (χ1n) is 4.61. The molecule has 0 aliphatic carbocycles. The molecule has 0 N–H and O–H groups in total. The molecule has 0 saturated carbocycles. The number of nitro benzene ring substituents is 1. The van der Waals surface area contributed by atoms with Gasteiger partial charge in [-0.3, -0.25) is 10.1 Å². The molecule has 0 radical (unpaired) electrons. The van der Waals surface area contributed by atoms with Gasteiger partial charge in [-0.1, -0.05) is 22.9 Å². The monoisotopic (exact) mass is 305 g/mol. The summed E-state index contributed by atoms with van der Waals surface area (Å²) in [5.74, 6) is 0.121. The molecule has 0 saturated heterocycles. The van der Waals surface area contributed by atoms with E-state index in [1.54, 1.807) is 0 Å². The average molecular weight is 306 g/mol. The van der Waals surface area contributed by atoms with Crippen molar-refractivity contribution in [3.63, 3.8) is 0 Å². The van der Waals surface area contributed by atoms with Crippen molar-refractivity contribution in [3.05, 3.63) is 42.8 Å². The maximum absolute atomic E-state index is 10.8. The highest BCUT2D eigenvalue weighted by Gasteiger charge is 2.16. The van der Waals surface area contributed by atoms with Gasteiger partial charge in [-0.05, 0) is 23.7 Å². The van der Waals surface area contributed by atoms with Crippen LogP contribution in [0.4, 0.5) is 5.69 Å². The number of nitrogens with zero attached hydrogens (tertiary/aromatic N) is 3. The van der Waals surface area contributed by atoms with Gasteiger partial charge >= 0.3 is 5.69 Å². The molecular formula is C9H5Cl2N3O3S. The Balaban J connectivity index is 2.16. The smallest absolute Gasteiger partial charge is 0.312 e. The van der Waals surface area contributed by atoms with Crippen LogP contribution in [0.2, 0.25) is 9.49 Å². The molecule has 1 heterocycles. The minimum atomic E-state index is -0.561. The van der Waals surface area contributed by atoms with Gasteiger partial charge in [0.05, 0.1) is 4.92 Å². The Morgan fingerprint density at radius 1 is 1.39 bits per heavy atom. The molecule has 1 aromatic carbocycles. The zero-order valence-corrected chi connectivity index (χ0v) is 11.0. The number of halogens is 2. The molecule has 1 aromatic heterocycles. The fraction of sp³-hybridized carbons (Fsp3) is 0.111. The standard InChI is InChI=1S/C9H5Cl2N3O3S/c10-5-1-2-7(6(3-5)14(15)16)17-4-8-12-13-9(11)18-8/h1-3H,4H2. The minimum Gasteiger partial charge on any atom is -0.479 e. The summed E-state index contributed by atoms with van der Waals surface area (Å²) in [6.07, 6.45) is 0. The summed E-state index contributed by atoms with van der Waals surface area (Å²) >= 11 is 12.4. The lowest BCUT2D eigenvalue weighted by atomic mass is 10.3. The van der Waals surface area contributed by atoms with Gasteiger partial charge in [-0.25, -0.2) is 0 Å². The minimum absolute atomic E-state index is 0.0624. The van der Waals surface area contributed by atoms with E-state index in [1.165, 1.54) is 18.2 Å². The number of ether oxygens (including phenoxy) is 1. The maximum Gasteiger partial charge on any atom is 0.312 e. The van der Waals surface area contributed by atoms with Crippen LogP contribution in [0.1, 0.15) is 5.01 Å². The highest BCUT2D eigenvalue weighted by Crippen LogP contribution is 2.30. The van der Waals surface area contributed by atoms with Crippen molar-refractivity contribution in [2.24, 2.45) is 0 Å². The second-order valence-corrected chi connectivity index (χ2v) is 5.19. The Hall–Kier alpha value is -1.44. The summed E-state index contributed by atoms with van der Waals surface area (Å²) in [4.78, 5) is 10.2. The molecule has 0 atom stereocenters. The van der Waals surface area contributed by atoms with Crippen molar-refractivity contribution in [3.8, 4) is 5.75 Å². The van der Waals surface area contributed by atoms with Crippen LogP contribution >= 0.6 is 34.5 Å². The van der Waals surface area contributed by atoms with E-state index in [0.717, 1.165) is 11.3 Å². The summed E-state index contributed by atoms with van der Waals surface area (Å²) < 4.78 is 5.59. The Morgan fingerprint density at radius 2 is 2.17 bits per heavy atom. The number of hydrogen-bond acceptors (Lipinski definition) is 6. The van der Waals surface area contributed by atoms with Crippen molar-refractivity contribution in [2.75, 3.05) is 0 Å². The summed E-state index contributed by atoms with van der Waals surface area (Å²) in [5.41, 5.74) is -0.196. The van der Waals surface area contributed by atoms with Gasteiger partial charge in [0.15, 0.2) is 10.8 Å². The van der Waals surface area contributed by atoms with Gasteiger partial charge in [0, 0.05) is 11.1 Å². The quantitative estimate of drug-likeness (QED) is 0.639. The molecule has 0 aliphatic heterocycles. The van der Waals surface area contributed by atoms with E-state index in [1.807, 2.05) is 0 Å². The van der Waals surface area contributed by atoms with Crippen molar-refractivity contribution in [1.82, 2.24) is 10.2 Å². The second-order valence-electron chi connectivity index (χ2n) is 3.11. The van der Waals surface area contributed by atoms with Crippen LogP contribution in [0.25, 0.3) is 0 Å². The van der Waals surface area contributed by atoms with E-state index in [9.17, 15) is 10.1 Å². The van der Waals surface area contributed by atoms with Crippen molar-refractivity contribution in [1.29, 1.82) is 0 Å². The second kappa shape index (κ2) is 5.47. The lowest BCUT2D eigenvalue weighted by molar-refractivity contribution is -0.385. The van der Waals surface area contributed by atoms with Gasteiger partial charge < -0.3 is 4.74 Å². The Kier molecular flexibility index (Phi) is 3.95. The zero-order valence-electron chi connectivity index (χ0n) is 8.67. The Labute approximate surface area is 115 Å².